The molecule has 0 spiro atoms. The average Bonchev–Trinajstić information content (AvgIpc) is 2.39. The van der Waals surface area contributed by atoms with Crippen molar-refractivity contribution in [1.29, 1.82) is 0 Å². The zero-order valence-electron chi connectivity index (χ0n) is 11.4. The number of rotatable bonds is 8. The molecule has 0 fully saturated rings. The number of ether oxygens (including phenoxy) is 1. The Balaban J connectivity index is 2.33. The van der Waals surface area contributed by atoms with Gasteiger partial charge in [0.25, 0.3) is 0 Å². The van der Waals surface area contributed by atoms with Crippen molar-refractivity contribution in [3.63, 3.8) is 0 Å². The molecule has 0 N–H and O–H groups in total. The van der Waals surface area contributed by atoms with Gasteiger partial charge in [0.2, 0.25) is 0 Å². The summed E-state index contributed by atoms with van der Waals surface area (Å²) < 4.78 is 6.26. The second-order valence-corrected chi connectivity index (χ2v) is 6.01. The van der Waals surface area contributed by atoms with Gasteiger partial charge in [-0.05, 0) is 46.7 Å². The Kier molecular flexibility index (Phi) is 7.79. The van der Waals surface area contributed by atoms with Gasteiger partial charge in [-0.15, -0.1) is 0 Å². The lowest BCUT2D eigenvalue weighted by Gasteiger charge is -2.17. The van der Waals surface area contributed by atoms with E-state index in [1.165, 1.54) is 17.9 Å². The topological polar surface area (TPSA) is 12.5 Å². The summed E-state index contributed by atoms with van der Waals surface area (Å²) in [5, 5.41) is 0. The maximum absolute atomic E-state index is 5.23. The lowest BCUT2D eigenvalue weighted by Crippen LogP contribution is -2.25. The minimum Gasteiger partial charge on any atom is -0.496 e. The summed E-state index contributed by atoms with van der Waals surface area (Å²) in [5.41, 5.74) is 1.34. The Labute approximate surface area is 123 Å². The normalized spacial score (nSPS) is 10.9. The number of thioether (sulfide) groups is 1. The molecule has 0 heterocycles. The Morgan fingerprint density at radius 2 is 2.00 bits per heavy atom. The Morgan fingerprint density at radius 1 is 1.28 bits per heavy atom. The molecule has 18 heavy (non-hydrogen) atoms. The van der Waals surface area contributed by atoms with Gasteiger partial charge in [0.05, 0.1) is 11.6 Å². The van der Waals surface area contributed by atoms with Crippen LogP contribution >= 0.6 is 27.7 Å². The largest absolute Gasteiger partial charge is 0.496 e. The van der Waals surface area contributed by atoms with E-state index in [1.807, 2.05) is 17.8 Å². The number of nitrogens with zero attached hydrogens (tertiary/aromatic N) is 1. The highest BCUT2D eigenvalue weighted by Gasteiger charge is 2.02. The first-order valence-corrected chi connectivity index (χ1v) is 8.28. The first kappa shape index (κ1) is 15.9. The maximum atomic E-state index is 5.23. The van der Waals surface area contributed by atoms with E-state index in [4.69, 9.17) is 4.74 Å². The molecule has 0 radical (unpaired) electrons. The molecule has 0 aliphatic rings. The molecule has 102 valence electrons. The van der Waals surface area contributed by atoms with Gasteiger partial charge in [0.1, 0.15) is 5.75 Å². The molecule has 0 aliphatic carbocycles. The van der Waals surface area contributed by atoms with Crippen molar-refractivity contribution in [2.24, 2.45) is 0 Å². The van der Waals surface area contributed by atoms with E-state index in [0.717, 1.165) is 29.1 Å². The lowest BCUT2D eigenvalue weighted by atomic mass is 10.2. The van der Waals surface area contributed by atoms with Crippen LogP contribution in [0.5, 0.6) is 5.75 Å². The van der Waals surface area contributed by atoms with Crippen LogP contribution in [0.4, 0.5) is 0 Å². The van der Waals surface area contributed by atoms with Crippen LogP contribution in [0.3, 0.4) is 0 Å². The predicted octanol–water partition coefficient (Wildman–Crippen LogP) is 4.03. The summed E-state index contributed by atoms with van der Waals surface area (Å²) in [5.74, 6) is 3.14. The molecule has 0 bridgehead atoms. The van der Waals surface area contributed by atoms with Gasteiger partial charge in [-0.25, -0.2) is 0 Å². The first-order valence-electron chi connectivity index (χ1n) is 6.33. The van der Waals surface area contributed by atoms with Crippen molar-refractivity contribution in [2.75, 3.05) is 32.5 Å². The van der Waals surface area contributed by atoms with Crippen molar-refractivity contribution >= 4 is 27.7 Å². The van der Waals surface area contributed by atoms with Gasteiger partial charge in [-0.3, -0.25) is 0 Å². The van der Waals surface area contributed by atoms with Crippen LogP contribution in [0.25, 0.3) is 0 Å². The predicted molar refractivity (Wildman–Crippen MR) is 84.6 cm³/mol. The quantitative estimate of drug-likeness (QED) is 0.667. The fraction of sp³-hybridized carbons (Fsp3) is 0.571. The zero-order chi connectivity index (χ0) is 13.4. The smallest absolute Gasteiger partial charge is 0.133 e. The Hall–Kier alpha value is -0.190. The third-order valence-corrected chi connectivity index (χ3v) is 4.56. The molecule has 4 heteroatoms. The number of methoxy groups -OCH3 is 1. The van der Waals surface area contributed by atoms with Gasteiger partial charge < -0.3 is 9.64 Å². The van der Waals surface area contributed by atoms with Crippen molar-refractivity contribution < 1.29 is 4.74 Å². The summed E-state index contributed by atoms with van der Waals surface area (Å²) in [6.07, 6.45) is 0. The third kappa shape index (κ3) is 5.21. The van der Waals surface area contributed by atoms with Gasteiger partial charge in [-0.2, -0.15) is 11.8 Å². The van der Waals surface area contributed by atoms with Crippen LogP contribution in [0.2, 0.25) is 0 Å². The van der Waals surface area contributed by atoms with Crippen molar-refractivity contribution in [1.82, 2.24) is 4.90 Å². The van der Waals surface area contributed by atoms with Crippen molar-refractivity contribution in [2.45, 2.75) is 19.6 Å². The van der Waals surface area contributed by atoms with Crippen LogP contribution in [0.15, 0.2) is 22.7 Å². The summed E-state index contributed by atoms with van der Waals surface area (Å²) in [7, 11) is 1.69. The summed E-state index contributed by atoms with van der Waals surface area (Å²) in [6, 6.07) is 6.29. The number of halogens is 1. The molecular formula is C14H22BrNOS. The number of hydrogen-bond donors (Lipinski definition) is 0. The molecule has 0 amide bonds. The minimum absolute atomic E-state index is 0.895. The highest BCUT2D eigenvalue weighted by atomic mass is 79.9. The Morgan fingerprint density at radius 3 is 2.56 bits per heavy atom. The number of hydrogen-bond acceptors (Lipinski definition) is 3. The highest BCUT2D eigenvalue weighted by Crippen LogP contribution is 2.27. The Bertz CT molecular complexity index is 356. The van der Waals surface area contributed by atoms with Crippen LogP contribution in [0.1, 0.15) is 19.4 Å². The molecule has 0 aromatic heterocycles. The molecular weight excluding hydrogens is 310 g/mol. The molecule has 0 atom stereocenters. The van der Waals surface area contributed by atoms with Gasteiger partial charge >= 0.3 is 0 Å². The molecule has 0 unspecified atom stereocenters. The van der Waals surface area contributed by atoms with Crippen LogP contribution < -0.4 is 4.74 Å². The molecule has 2 nitrogen and oxygen atoms in total. The monoisotopic (exact) mass is 331 g/mol. The van der Waals surface area contributed by atoms with E-state index >= 15 is 0 Å². The van der Waals surface area contributed by atoms with Gasteiger partial charge in [0.15, 0.2) is 0 Å². The molecule has 1 aromatic carbocycles. The van der Waals surface area contributed by atoms with Gasteiger partial charge in [0, 0.05) is 18.1 Å². The zero-order valence-corrected chi connectivity index (χ0v) is 13.8. The SMILES string of the molecule is CCN(CC)CCSCc1ccc(OC)c(Br)c1. The van der Waals surface area contributed by atoms with Crippen molar-refractivity contribution in [3.05, 3.63) is 28.2 Å². The fourth-order valence-corrected chi connectivity index (χ4v) is 3.26. The van der Waals surface area contributed by atoms with E-state index in [0.29, 0.717) is 0 Å². The van der Waals surface area contributed by atoms with Crippen molar-refractivity contribution in [3.8, 4) is 5.75 Å². The summed E-state index contributed by atoms with van der Waals surface area (Å²) in [6.45, 7) is 7.90. The standard InChI is InChI=1S/C14H22BrNOS/c1-4-16(5-2)8-9-18-11-12-6-7-14(17-3)13(15)10-12/h6-7,10H,4-5,8-9,11H2,1-3H3. The third-order valence-electron chi connectivity index (χ3n) is 2.93. The number of benzene rings is 1. The van der Waals surface area contributed by atoms with E-state index in [-0.39, 0.29) is 0 Å². The van der Waals surface area contributed by atoms with Gasteiger partial charge in [-0.1, -0.05) is 19.9 Å². The van der Waals surface area contributed by atoms with Crippen LogP contribution in [-0.2, 0) is 5.75 Å². The molecule has 0 saturated heterocycles. The second-order valence-electron chi connectivity index (χ2n) is 4.05. The molecule has 1 rings (SSSR count). The van der Waals surface area contributed by atoms with E-state index in [1.54, 1.807) is 7.11 Å². The van der Waals surface area contributed by atoms with E-state index in [9.17, 15) is 0 Å². The second kappa shape index (κ2) is 8.83. The van der Waals surface area contributed by atoms with E-state index in [2.05, 4.69) is 46.8 Å². The van der Waals surface area contributed by atoms with E-state index < -0.39 is 0 Å². The average molecular weight is 332 g/mol. The maximum Gasteiger partial charge on any atom is 0.133 e. The minimum atomic E-state index is 0.895. The first-order chi connectivity index (χ1) is 8.71. The highest BCUT2D eigenvalue weighted by molar-refractivity contribution is 9.10. The summed E-state index contributed by atoms with van der Waals surface area (Å²) in [4.78, 5) is 2.46. The van der Waals surface area contributed by atoms with Crippen LogP contribution in [-0.4, -0.2) is 37.4 Å². The summed E-state index contributed by atoms with van der Waals surface area (Å²) >= 11 is 5.50. The molecule has 1 aromatic rings. The molecule has 0 saturated carbocycles. The van der Waals surface area contributed by atoms with Crippen LogP contribution in [0, 0.1) is 0 Å². The molecule has 0 aliphatic heterocycles. The lowest BCUT2D eigenvalue weighted by molar-refractivity contribution is 0.324. The fourth-order valence-electron chi connectivity index (χ4n) is 1.72.